The van der Waals surface area contributed by atoms with Crippen molar-refractivity contribution >= 4 is 58.5 Å². The minimum atomic E-state index is -0.485. The third-order valence-corrected chi connectivity index (χ3v) is 5.80. The number of imide groups is 1. The molecule has 3 rings (SSSR count). The molecular formula is C21H21ClN4O4S. The van der Waals surface area contributed by atoms with Crippen LogP contribution in [-0.4, -0.2) is 47.0 Å². The van der Waals surface area contributed by atoms with Gasteiger partial charge in [-0.2, -0.15) is 0 Å². The van der Waals surface area contributed by atoms with Gasteiger partial charge in [-0.1, -0.05) is 11.6 Å². The smallest absolute Gasteiger partial charge is 0.324 e. The lowest BCUT2D eigenvalue weighted by atomic mass is 10.2. The predicted octanol–water partition coefficient (Wildman–Crippen LogP) is 3.34. The summed E-state index contributed by atoms with van der Waals surface area (Å²) in [6.07, 6.45) is -0.00289. The molecule has 8 nitrogen and oxygen atoms in total. The second kappa shape index (κ2) is 10.3. The van der Waals surface area contributed by atoms with Crippen molar-refractivity contribution < 1.29 is 19.2 Å². The first-order valence-corrected chi connectivity index (χ1v) is 10.8. The standard InChI is InChI=1S/C21H21ClN4O4S/c1-13(31-17-8-2-14(22)3-9-17)20(29)25-16-6-4-15(5-7-16)24-18(27)10-11-26-19(28)12-23-21(26)30/h2-9,13H,10-12H2,1H3,(H,23,30)(H,24,27)(H,25,29). The number of hydrogen-bond donors (Lipinski definition) is 3. The molecule has 0 spiro atoms. The van der Waals surface area contributed by atoms with Crippen LogP contribution in [0.3, 0.4) is 0 Å². The molecule has 1 fully saturated rings. The summed E-state index contributed by atoms with van der Waals surface area (Å²) in [6.45, 7) is 1.80. The molecule has 1 aliphatic rings. The average Bonchev–Trinajstić information content (AvgIpc) is 3.07. The van der Waals surface area contributed by atoms with E-state index in [0.717, 1.165) is 9.80 Å². The monoisotopic (exact) mass is 460 g/mol. The van der Waals surface area contributed by atoms with E-state index >= 15 is 0 Å². The molecule has 10 heteroatoms. The van der Waals surface area contributed by atoms with Gasteiger partial charge in [0.25, 0.3) is 0 Å². The first kappa shape index (κ1) is 22.6. The summed E-state index contributed by atoms with van der Waals surface area (Å²) < 4.78 is 0. The Bertz CT molecular complexity index is 966. The molecule has 31 heavy (non-hydrogen) atoms. The average molecular weight is 461 g/mol. The van der Waals surface area contributed by atoms with Crippen LogP contribution in [0.4, 0.5) is 16.2 Å². The van der Waals surface area contributed by atoms with Crippen molar-refractivity contribution in [1.82, 2.24) is 10.2 Å². The lowest BCUT2D eigenvalue weighted by Gasteiger charge is -2.13. The van der Waals surface area contributed by atoms with Crippen molar-refractivity contribution in [3.8, 4) is 0 Å². The zero-order valence-corrected chi connectivity index (χ0v) is 18.3. The number of benzene rings is 2. The van der Waals surface area contributed by atoms with E-state index in [0.29, 0.717) is 16.4 Å². The van der Waals surface area contributed by atoms with Gasteiger partial charge in [-0.15, -0.1) is 11.8 Å². The lowest BCUT2D eigenvalue weighted by Crippen LogP contribution is -2.33. The van der Waals surface area contributed by atoms with Gasteiger partial charge >= 0.3 is 6.03 Å². The highest BCUT2D eigenvalue weighted by Gasteiger charge is 2.28. The number of carbonyl (C=O) groups excluding carboxylic acids is 4. The molecule has 162 valence electrons. The van der Waals surface area contributed by atoms with Crippen LogP contribution in [0, 0.1) is 0 Å². The molecule has 5 amide bonds. The molecule has 0 radical (unpaired) electrons. The zero-order valence-electron chi connectivity index (χ0n) is 16.7. The van der Waals surface area contributed by atoms with Crippen molar-refractivity contribution in [2.45, 2.75) is 23.5 Å². The SMILES string of the molecule is CC(Sc1ccc(Cl)cc1)C(=O)Nc1ccc(NC(=O)CCN2C(=O)CNC2=O)cc1. The summed E-state index contributed by atoms with van der Waals surface area (Å²) in [5.41, 5.74) is 1.15. The Hall–Kier alpha value is -3.04. The van der Waals surface area contributed by atoms with Crippen LogP contribution in [0.2, 0.25) is 5.02 Å². The molecule has 3 N–H and O–H groups in total. The molecule has 1 atom stereocenters. The molecule has 0 aromatic heterocycles. The van der Waals surface area contributed by atoms with E-state index in [9.17, 15) is 19.2 Å². The maximum Gasteiger partial charge on any atom is 0.324 e. The van der Waals surface area contributed by atoms with Crippen LogP contribution < -0.4 is 16.0 Å². The van der Waals surface area contributed by atoms with Gasteiger partial charge in [0.05, 0.1) is 11.8 Å². The van der Waals surface area contributed by atoms with Gasteiger partial charge in [0, 0.05) is 34.3 Å². The summed E-state index contributed by atoms with van der Waals surface area (Å²) in [7, 11) is 0. The Balaban J connectivity index is 1.46. The number of amides is 5. The maximum absolute atomic E-state index is 12.4. The van der Waals surface area contributed by atoms with Crippen LogP contribution in [0.5, 0.6) is 0 Å². The van der Waals surface area contributed by atoms with Crippen molar-refractivity contribution in [2.24, 2.45) is 0 Å². The highest BCUT2D eigenvalue weighted by atomic mass is 35.5. The van der Waals surface area contributed by atoms with E-state index in [-0.39, 0.29) is 42.5 Å². The fraction of sp³-hybridized carbons (Fsp3) is 0.238. The largest absolute Gasteiger partial charge is 0.329 e. The normalized spacial score (nSPS) is 14.2. The van der Waals surface area contributed by atoms with E-state index < -0.39 is 6.03 Å². The Morgan fingerprint density at radius 1 is 1.06 bits per heavy atom. The fourth-order valence-corrected chi connectivity index (χ4v) is 3.76. The van der Waals surface area contributed by atoms with Gasteiger partial charge in [0.1, 0.15) is 0 Å². The van der Waals surface area contributed by atoms with Gasteiger partial charge in [-0.25, -0.2) is 4.79 Å². The van der Waals surface area contributed by atoms with Gasteiger partial charge in [0.15, 0.2) is 0 Å². The summed E-state index contributed by atoms with van der Waals surface area (Å²) in [6, 6.07) is 13.5. The Labute approximate surface area is 188 Å². The lowest BCUT2D eigenvalue weighted by molar-refractivity contribution is -0.125. The third-order valence-electron chi connectivity index (χ3n) is 4.43. The number of carbonyl (C=O) groups is 4. The number of halogens is 1. The number of thioether (sulfide) groups is 1. The van der Waals surface area contributed by atoms with Crippen molar-refractivity contribution in [1.29, 1.82) is 0 Å². The molecule has 2 aromatic rings. The number of rotatable bonds is 8. The second-order valence-corrected chi connectivity index (χ2v) is 8.63. The Kier molecular flexibility index (Phi) is 7.54. The summed E-state index contributed by atoms with van der Waals surface area (Å²) in [5.74, 6) is -0.816. The van der Waals surface area contributed by atoms with Crippen LogP contribution in [-0.2, 0) is 14.4 Å². The minimum absolute atomic E-state index is 0.00289. The van der Waals surface area contributed by atoms with Gasteiger partial charge in [0.2, 0.25) is 17.7 Å². The zero-order chi connectivity index (χ0) is 22.4. The predicted molar refractivity (Wildman–Crippen MR) is 120 cm³/mol. The van der Waals surface area contributed by atoms with E-state index in [1.165, 1.54) is 11.8 Å². The number of anilines is 2. The van der Waals surface area contributed by atoms with Crippen molar-refractivity contribution in [3.05, 3.63) is 53.6 Å². The van der Waals surface area contributed by atoms with Crippen LogP contribution >= 0.6 is 23.4 Å². The fourth-order valence-electron chi connectivity index (χ4n) is 2.77. The van der Waals surface area contributed by atoms with Crippen LogP contribution in [0.1, 0.15) is 13.3 Å². The quantitative estimate of drug-likeness (QED) is 0.413. The molecule has 1 heterocycles. The molecule has 0 saturated carbocycles. The highest BCUT2D eigenvalue weighted by molar-refractivity contribution is 8.00. The Morgan fingerprint density at radius 2 is 1.68 bits per heavy atom. The van der Waals surface area contributed by atoms with E-state index in [4.69, 9.17) is 11.6 Å². The van der Waals surface area contributed by atoms with Crippen LogP contribution in [0.15, 0.2) is 53.4 Å². The first-order valence-electron chi connectivity index (χ1n) is 9.53. The summed E-state index contributed by atoms with van der Waals surface area (Å²) in [5, 5.41) is 8.27. The first-order chi connectivity index (χ1) is 14.8. The minimum Gasteiger partial charge on any atom is -0.329 e. The molecular weight excluding hydrogens is 440 g/mol. The second-order valence-electron chi connectivity index (χ2n) is 6.78. The molecule has 1 unspecified atom stereocenters. The van der Waals surface area contributed by atoms with Gasteiger partial charge < -0.3 is 16.0 Å². The van der Waals surface area contributed by atoms with E-state index in [2.05, 4.69) is 16.0 Å². The molecule has 0 bridgehead atoms. The topological polar surface area (TPSA) is 108 Å². The van der Waals surface area contributed by atoms with E-state index in [1.54, 1.807) is 36.4 Å². The summed E-state index contributed by atoms with van der Waals surface area (Å²) >= 11 is 7.30. The maximum atomic E-state index is 12.4. The highest BCUT2D eigenvalue weighted by Crippen LogP contribution is 2.25. The summed E-state index contributed by atoms with van der Waals surface area (Å²) in [4.78, 5) is 49.4. The number of urea groups is 1. The van der Waals surface area contributed by atoms with E-state index in [1.807, 2.05) is 19.1 Å². The molecule has 0 aliphatic carbocycles. The number of nitrogens with zero attached hydrogens (tertiary/aromatic N) is 1. The van der Waals surface area contributed by atoms with Crippen molar-refractivity contribution in [3.63, 3.8) is 0 Å². The number of nitrogens with one attached hydrogen (secondary N) is 3. The van der Waals surface area contributed by atoms with Gasteiger partial charge in [-0.05, 0) is 55.5 Å². The Morgan fingerprint density at radius 3 is 2.26 bits per heavy atom. The molecule has 2 aromatic carbocycles. The third kappa shape index (κ3) is 6.47. The van der Waals surface area contributed by atoms with Gasteiger partial charge in [-0.3, -0.25) is 19.3 Å². The van der Waals surface area contributed by atoms with Crippen LogP contribution in [0.25, 0.3) is 0 Å². The number of hydrogen-bond acceptors (Lipinski definition) is 5. The molecule has 1 aliphatic heterocycles. The molecule has 1 saturated heterocycles. The van der Waals surface area contributed by atoms with Crippen molar-refractivity contribution in [2.75, 3.05) is 23.7 Å².